The second kappa shape index (κ2) is 9.08. The number of carbonyl (C=O) groups excluding carboxylic acids is 1. The molecule has 0 saturated carbocycles. The molecule has 0 aromatic carbocycles. The van der Waals surface area contributed by atoms with Gasteiger partial charge in [0.15, 0.2) is 5.82 Å². The number of halogens is 1. The van der Waals surface area contributed by atoms with Crippen molar-refractivity contribution in [1.29, 1.82) is 0 Å². The summed E-state index contributed by atoms with van der Waals surface area (Å²) in [6.45, 7) is 14.5. The molecular weight excluding hydrogens is 474 g/mol. The molecule has 3 saturated heterocycles. The van der Waals surface area contributed by atoms with E-state index in [4.69, 9.17) is 21.1 Å². The molecule has 0 radical (unpaired) electrons. The van der Waals surface area contributed by atoms with Crippen molar-refractivity contribution in [3.8, 4) is 0 Å². The zero-order chi connectivity index (χ0) is 24.1. The maximum Gasteiger partial charge on any atom is 0.410 e. The van der Waals surface area contributed by atoms with Crippen LogP contribution in [0.3, 0.4) is 0 Å². The Kier molecular flexibility index (Phi) is 6.42. The molecule has 1 amide bonds. The molecule has 34 heavy (non-hydrogen) atoms. The molecule has 186 valence electrons. The van der Waals surface area contributed by atoms with E-state index in [1.54, 1.807) is 11.3 Å². The van der Waals surface area contributed by atoms with Gasteiger partial charge in [0.2, 0.25) is 5.28 Å². The van der Waals surface area contributed by atoms with Crippen molar-refractivity contribution < 1.29 is 14.3 Å². The molecular formula is C24H34ClN5O3S. The second-order valence-electron chi connectivity index (χ2n) is 11.0. The van der Waals surface area contributed by atoms with Crippen LogP contribution < -0.4 is 4.90 Å². The van der Waals surface area contributed by atoms with E-state index in [1.165, 1.54) is 5.56 Å². The van der Waals surface area contributed by atoms with Crippen molar-refractivity contribution >= 4 is 45.1 Å². The summed E-state index contributed by atoms with van der Waals surface area (Å²) in [5, 5.41) is 2.50. The lowest BCUT2D eigenvalue weighted by Crippen LogP contribution is -2.44. The van der Waals surface area contributed by atoms with Gasteiger partial charge in [-0.25, -0.2) is 9.78 Å². The largest absolute Gasteiger partial charge is 0.444 e. The Balaban J connectivity index is 1.29. The summed E-state index contributed by atoms with van der Waals surface area (Å²) in [5.41, 5.74) is 1.85. The van der Waals surface area contributed by atoms with Crippen LogP contribution in [0.25, 0.3) is 10.2 Å². The van der Waals surface area contributed by atoms with E-state index in [0.717, 1.165) is 68.1 Å². The number of aromatic nitrogens is 2. The molecule has 0 N–H and O–H groups in total. The Morgan fingerprint density at radius 2 is 2.06 bits per heavy atom. The lowest BCUT2D eigenvalue weighted by atomic mass is 9.86. The third-order valence-corrected chi connectivity index (χ3v) is 8.27. The number of ether oxygens (including phenoxy) is 2. The third kappa shape index (κ3) is 4.85. The number of morpholine rings is 1. The van der Waals surface area contributed by atoms with Crippen molar-refractivity contribution in [3.63, 3.8) is 0 Å². The van der Waals surface area contributed by atoms with E-state index in [0.29, 0.717) is 18.5 Å². The fourth-order valence-electron chi connectivity index (χ4n) is 5.43. The zero-order valence-corrected chi connectivity index (χ0v) is 22.0. The van der Waals surface area contributed by atoms with Gasteiger partial charge in [0, 0.05) is 43.7 Å². The number of rotatable bonds is 3. The number of nitrogens with zero attached hydrogens (tertiary/aromatic N) is 5. The summed E-state index contributed by atoms with van der Waals surface area (Å²) in [7, 11) is 0. The van der Waals surface area contributed by atoms with Gasteiger partial charge >= 0.3 is 6.09 Å². The van der Waals surface area contributed by atoms with Crippen molar-refractivity contribution in [2.45, 2.75) is 58.7 Å². The normalized spacial score (nSPS) is 26.2. The van der Waals surface area contributed by atoms with Gasteiger partial charge in [-0.3, -0.25) is 4.90 Å². The first-order valence-corrected chi connectivity index (χ1v) is 13.4. The van der Waals surface area contributed by atoms with E-state index >= 15 is 0 Å². The van der Waals surface area contributed by atoms with E-state index in [1.807, 2.05) is 25.7 Å². The average molecular weight is 508 g/mol. The molecule has 2 aromatic heterocycles. The minimum atomic E-state index is -0.463. The van der Waals surface area contributed by atoms with Gasteiger partial charge in [-0.2, -0.15) is 4.98 Å². The van der Waals surface area contributed by atoms with E-state index < -0.39 is 5.60 Å². The maximum absolute atomic E-state index is 12.6. The number of amides is 1. The highest BCUT2D eigenvalue weighted by molar-refractivity contribution is 7.18. The molecule has 3 aliphatic heterocycles. The first-order valence-electron chi connectivity index (χ1n) is 12.1. The molecule has 1 spiro atoms. The Morgan fingerprint density at radius 3 is 2.82 bits per heavy atom. The summed E-state index contributed by atoms with van der Waals surface area (Å²) >= 11 is 8.09. The fraction of sp³-hybridized carbons (Fsp3) is 0.708. The SMILES string of the molecule is C[C@@H]1COCCN1c1nc(Cl)nc2c(CN3CCC4(CCN(C(=O)OC(C)(C)C)C4)C3)csc12. The summed E-state index contributed by atoms with van der Waals surface area (Å²) < 4.78 is 12.3. The summed E-state index contributed by atoms with van der Waals surface area (Å²) in [6.07, 6.45) is 1.93. The predicted molar refractivity (Wildman–Crippen MR) is 135 cm³/mol. The Hall–Kier alpha value is -1.68. The molecule has 10 heteroatoms. The number of carbonyl (C=O) groups is 1. The Morgan fingerprint density at radius 1 is 1.26 bits per heavy atom. The quantitative estimate of drug-likeness (QED) is 0.570. The number of thiophene rings is 1. The monoisotopic (exact) mass is 507 g/mol. The second-order valence-corrected chi connectivity index (χ2v) is 12.2. The van der Waals surface area contributed by atoms with Gasteiger partial charge in [0.05, 0.1) is 29.5 Å². The Bertz CT molecular complexity index is 1070. The number of likely N-dealkylation sites (tertiary alicyclic amines) is 2. The van der Waals surface area contributed by atoms with Gasteiger partial charge in [-0.05, 0) is 64.1 Å². The Labute approximate surface area is 210 Å². The lowest BCUT2D eigenvalue weighted by molar-refractivity contribution is 0.0274. The van der Waals surface area contributed by atoms with Crippen molar-refractivity contribution in [2.24, 2.45) is 5.41 Å². The van der Waals surface area contributed by atoms with E-state index in [2.05, 4.69) is 32.1 Å². The molecule has 5 heterocycles. The van der Waals surface area contributed by atoms with Crippen molar-refractivity contribution in [3.05, 3.63) is 16.2 Å². The molecule has 5 rings (SSSR count). The predicted octanol–water partition coefficient (Wildman–Crippen LogP) is 4.40. The van der Waals surface area contributed by atoms with Gasteiger partial charge in [0.1, 0.15) is 5.60 Å². The highest BCUT2D eigenvalue weighted by atomic mass is 35.5. The van der Waals surface area contributed by atoms with Gasteiger partial charge in [0.25, 0.3) is 0 Å². The highest BCUT2D eigenvalue weighted by Gasteiger charge is 2.45. The zero-order valence-electron chi connectivity index (χ0n) is 20.5. The number of fused-ring (bicyclic) bond motifs is 1. The summed E-state index contributed by atoms with van der Waals surface area (Å²) in [5.74, 6) is 0.920. The van der Waals surface area contributed by atoms with Crippen LogP contribution in [0.1, 0.15) is 46.1 Å². The smallest absolute Gasteiger partial charge is 0.410 e. The molecule has 0 bridgehead atoms. The van der Waals surface area contributed by atoms with Gasteiger partial charge in [-0.15, -0.1) is 11.3 Å². The minimum Gasteiger partial charge on any atom is -0.444 e. The number of hydrogen-bond donors (Lipinski definition) is 0. The van der Waals surface area contributed by atoms with Crippen molar-refractivity contribution in [1.82, 2.24) is 19.8 Å². The molecule has 1 unspecified atom stereocenters. The standard InChI is InChI=1S/C24H34ClN5O3S/c1-16-12-32-10-9-30(16)20-19-18(26-21(25)27-20)17(13-34-19)11-28-7-5-24(14-28)6-8-29(15-24)22(31)33-23(2,3)4/h13,16H,5-12,14-15H2,1-4H3/t16-,24?/m1/s1. The third-order valence-electron chi connectivity index (χ3n) is 7.08. The average Bonchev–Trinajstić information content (AvgIpc) is 3.47. The van der Waals surface area contributed by atoms with E-state index in [9.17, 15) is 4.79 Å². The van der Waals surface area contributed by atoms with Crippen LogP contribution in [0.2, 0.25) is 5.28 Å². The van der Waals surface area contributed by atoms with Crippen LogP contribution in [0.5, 0.6) is 0 Å². The molecule has 8 nitrogen and oxygen atoms in total. The maximum atomic E-state index is 12.6. The van der Waals surface area contributed by atoms with Gasteiger partial charge in [-0.1, -0.05) is 0 Å². The molecule has 0 aliphatic carbocycles. The summed E-state index contributed by atoms with van der Waals surface area (Å²) in [6, 6.07) is 0.252. The van der Waals surface area contributed by atoms with Crippen LogP contribution in [0.4, 0.5) is 10.6 Å². The molecule has 3 aliphatic rings. The minimum absolute atomic E-state index is 0.156. The fourth-order valence-corrected chi connectivity index (χ4v) is 6.59. The van der Waals surface area contributed by atoms with Crippen LogP contribution >= 0.6 is 22.9 Å². The number of anilines is 1. The molecule has 3 fully saturated rings. The first-order chi connectivity index (χ1) is 16.1. The van der Waals surface area contributed by atoms with E-state index in [-0.39, 0.29) is 17.6 Å². The lowest BCUT2D eigenvalue weighted by Gasteiger charge is -2.34. The number of hydrogen-bond acceptors (Lipinski definition) is 8. The summed E-state index contributed by atoms with van der Waals surface area (Å²) in [4.78, 5) is 28.4. The van der Waals surface area contributed by atoms with Crippen LogP contribution in [0, 0.1) is 5.41 Å². The molecule has 2 aromatic rings. The van der Waals surface area contributed by atoms with Gasteiger partial charge < -0.3 is 19.3 Å². The van der Waals surface area contributed by atoms with Crippen molar-refractivity contribution in [2.75, 3.05) is 50.8 Å². The van der Waals surface area contributed by atoms with Crippen LogP contribution in [-0.2, 0) is 16.0 Å². The topological polar surface area (TPSA) is 71.0 Å². The molecule has 2 atom stereocenters. The first kappa shape index (κ1) is 24.0. The van der Waals surface area contributed by atoms with Crippen LogP contribution in [-0.4, -0.2) is 83.4 Å². The highest BCUT2D eigenvalue weighted by Crippen LogP contribution is 2.41. The van der Waals surface area contributed by atoms with Crippen LogP contribution in [0.15, 0.2) is 5.38 Å².